The van der Waals surface area contributed by atoms with Gasteiger partial charge < -0.3 is 5.32 Å². The number of halogens is 3. The van der Waals surface area contributed by atoms with E-state index in [4.69, 9.17) is 0 Å². The van der Waals surface area contributed by atoms with Crippen LogP contribution in [-0.2, 0) is 16.2 Å². The van der Waals surface area contributed by atoms with Crippen molar-refractivity contribution in [3.05, 3.63) is 28.9 Å². The number of nitrogens with zero attached hydrogens (tertiary/aromatic N) is 2. The van der Waals surface area contributed by atoms with Gasteiger partial charge in [-0.2, -0.15) is 13.2 Å². The molecule has 0 unspecified atom stereocenters. The van der Waals surface area contributed by atoms with E-state index in [1.807, 2.05) is 6.92 Å². The summed E-state index contributed by atoms with van der Waals surface area (Å²) in [4.78, 5) is 9.00. The highest BCUT2D eigenvalue weighted by molar-refractivity contribution is 7.90. The van der Waals surface area contributed by atoms with E-state index in [1.165, 1.54) is 23.6 Å². The molecule has 4 rings (SSSR count). The monoisotopic (exact) mass is 474 g/mol. The van der Waals surface area contributed by atoms with Gasteiger partial charge in [0.25, 0.3) is 0 Å². The molecule has 2 aliphatic rings. The summed E-state index contributed by atoms with van der Waals surface area (Å²) in [5.74, 6) is 0.346. The zero-order valence-corrected chi connectivity index (χ0v) is 18.7. The summed E-state index contributed by atoms with van der Waals surface area (Å²) < 4.78 is 64.9. The molecule has 0 amide bonds. The van der Waals surface area contributed by atoms with Crippen LogP contribution in [-0.4, -0.2) is 36.2 Å². The molecule has 0 spiro atoms. The second-order valence-electron chi connectivity index (χ2n) is 8.31. The van der Waals surface area contributed by atoms with Crippen LogP contribution in [0.25, 0.3) is 11.3 Å². The fourth-order valence-corrected chi connectivity index (χ4v) is 6.22. The van der Waals surface area contributed by atoms with Crippen molar-refractivity contribution in [1.29, 1.82) is 0 Å². The molecule has 11 heteroatoms. The van der Waals surface area contributed by atoms with Crippen LogP contribution in [0, 0.1) is 12.8 Å². The number of alkyl halides is 3. The average Bonchev–Trinajstić information content (AvgIpc) is 3.52. The van der Waals surface area contributed by atoms with Crippen molar-refractivity contribution in [3.63, 3.8) is 0 Å². The lowest BCUT2D eigenvalue weighted by atomic mass is 9.86. The van der Waals surface area contributed by atoms with Gasteiger partial charge in [0, 0.05) is 29.2 Å². The third kappa shape index (κ3) is 5.56. The summed E-state index contributed by atoms with van der Waals surface area (Å²) in [5, 5.41) is 3.99. The molecule has 2 heterocycles. The Bertz CT molecular complexity index is 1010. The first-order chi connectivity index (χ1) is 14.6. The summed E-state index contributed by atoms with van der Waals surface area (Å²) in [6.07, 6.45) is 2.00. The van der Waals surface area contributed by atoms with E-state index in [1.54, 1.807) is 0 Å². The quantitative estimate of drug-likeness (QED) is 0.614. The Morgan fingerprint density at radius 3 is 2.42 bits per heavy atom. The minimum Gasteiger partial charge on any atom is -0.359 e. The maximum absolute atomic E-state index is 12.7. The zero-order chi connectivity index (χ0) is 22.2. The first-order valence-corrected chi connectivity index (χ1v) is 12.7. The smallest absolute Gasteiger partial charge is 0.359 e. The Morgan fingerprint density at radius 1 is 1.13 bits per heavy atom. The van der Waals surface area contributed by atoms with Crippen LogP contribution in [0.5, 0.6) is 0 Å². The van der Waals surface area contributed by atoms with E-state index in [0.717, 1.165) is 54.6 Å². The van der Waals surface area contributed by atoms with E-state index in [9.17, 15) is 21.6 Å². The molecule has 2 N–H and O–H groups in total. The molecule has 2 aromatic rings. The van der Waals surface area contributed by atoms with Crippen LogP contribution in [0.4, 0.5) is 18.3 Å². The number of anilines is 1. The lowest BCUT2D eigenvalue weighted by Gasteiger charge is -2.29. The maximum atomic E-state index is 12.7. The first-order valence-electron chi connectivity index (χ1n) is 10.4. The summed E-state index contributed by atoms with van der Waals surface area (Å²) in [6.45, 7) is 2.39. The molecular formula is C20H25F3N4O2S2. The van der Waals surface area contributed by atoms with Crippen LogP contribution in [0.3, 0.4) is 0 Å². The maximum Gasteiger partial charge on any atom is 0.433 e. The van der Waals surface area contributed by atoms with Crippen molar-refractivity contribution in [1.82, 2.24) is 14.7 Å². The molecule has 0 radical (unpaired) electrons. The molecule has 0 aliphatic heterocycles. The number of pyridine rings is 1. The van der Waals surface area contributed by atoms with Gasteiger partial charge in [-0.3, -0.25) is 4.98 Å². The van der Waals surface area contributed by atoms with Gasteiger partial charge in [0.05, 0.1) is 10.9 Å². The normalized spacial score (nSPS) is 22.5. The Balaban J connectivity index is 1.31. The SMILES string of the molecule is Cc1sc(N[C@H]2CC[C@H](CNS(=O)(=O)C3CC3)CC2)nc1-c1ccc(C(F)(F)F)nc1. The van der Waals surface area contributed by atoms with Crippen LogP contribution in [0.1, 0.15) is 49.1 Å². The Labute approximate surface area is 183 Å². The van der Waals surface area contributed by atoms with Gasteiger partial charge in [-0.15, -0.1) is 11.3 Å². The van der Waals surface area contributed by atoms with Crippen molar-refractivity contribution in [2.24, 2.45) is 5.92 Å². The number of nitrogens with one attached hydrogen (secondary N) is 2. The lowest BCUT2D eigenvalue weighted by molar-refractivity contribution is -0.141. The van der Waals surface area contributed by atoms with Crippen molar-refractivity contribution >= 4 is 26.5 Å². The Hall–Kier alpha value is -1.72. The van der Waals surface area contributed by atoms with Crippen molar-refractivity contribution < 1.29 is 21.6 Å². The second-order valence-corrected chi connectivity index (χ2v) is 11.6. The molecule has 0 atom stereocenters. The molecule has 0 bridgehead atoms. The van der Waals surface area contributed by atoms with Gasteiger partial charge in [0.15, 0.2) is 5.13 Å². The van der Waals surface area contributed by atoms with Gasteiger partial charge in [0.2, 0.25) is 10.0 Å². The highest BCUT2D eigenvalue weighted by atomic mass is 32.2. The minimum absolute atomic E-state index is 0.187. The molecule has 2 fully saturated rings. The fourth-order valence-electron chi connectivity index (χ4n) is 3.84. The molecule has 2 saturated carbocycles. The van der Waals surface area contributed by atoms with Crippen LogP contribution >= 0.6 is 11.3 Å². The van der Waals surface area contributed by atoms with Crippen LogP contribution < -0.4 is 10.0 Å². The topological polar surface area (TPSA) is 84.0 Å². The predicted molar refractivity (Wildman–Crippen MR) is 114 cm³/mol. The van der Waals surface area contributed by atoms with Crippen molar-refractivity contribution in [3.8, 4) is 11.3 Å². The van der Waals surface area contributed by atoms with E-state index in [0.29, 0.717) is 23.7 Å². The number of hydrogen-bond donors (Lipinski definition) is 2. The zero-order valence-electron chi connectivity index (χ0n) is 17.1. The summed E-state index contributed by atoms with van der Waals surface area (Å²) >= 11 is 1.47. The fraction of sp³-hybridized carbons (Fsp3) is 0.600. The number of aromatic nitrogens is 2. The van der Waals surface area contributed by atoms with E-state index >= 15 is 0 Å². The number of aryl methyl sites for hydroxylation is 1. The number of rotatable bonds is 7. The summed E-state index contributed by atoms with van der Waals surface area (Å²) in [7, 11) is -3.13. The number of sulfonamides is 1. The highest BCUT2D eigenvalue weighted by Gasteiger charge is 2.36. The van der Waals surface area contributed by atoms with Gasteiger partial charge in [-0.25, -0.2) is 18.1 Å². The standard InChI is InChI=1S/C20H25F3N4O2S2/c1-12-18(14-4-9-17(24-11-14)20(21,22)23)27-19(30-12)26-15-5-2-13(3-6-15)10-25-31(28,29)16-7-8-16/h4,9,11,13,15-16,25H,2-3,5-8,10H2,1H3,(H,26,27)/t13-,15-. The van der Waals surface area contributed by atoms with Crippen molar-refractivity contribution in [2.75, 3.05) is 11.9 Å². The van der Waals surface area contributed by atoms with E-state index in [-0.39, 0.29) is 11.3 Å². The molecule has 2 aromatic heterocycles. The minimum atomic E-state index is -4.46. The van der Waals surface area contributed by atoms with E-state index < -0.39 is 21.9 Å². The van der Waals surface area contributed by atoms with Gasteiger partial charge in [0.1, 0.15) is 5.69 Å². The Morgan fingerprint density at radius 2 is 1.84 bits per heavy atom. The molecule has 0 saturated heterocycles. The molecule has 170 valence electrons. The molecule has 0 aromatic carbocycles. The summed E-state index contributed by atoms with van der Waals surface area (Å²) in [6, 6.07) is 2.62. The van der Waals surface area contributed by atoms with Crippen LogP contribution in [0.2, 0.25) is 0 Å². The lowest BCUT2D eigenvalue weighted by Crippen LogP contribution is -2.35. The molecule has 31 heavy (non-hydrogen) atoms. The largest absolute Gasteiger partial charge is 0.433 e. The first kappa shape index (κ1) is 22.5. The second kappa shape index (κ2) is 8.67. The molecular weight excluding hydrogens is 449 g/mol. The Kier molecular flexibility index (Phi) is 6.28. The van der Waals surface area contributed by atoms with Gasteiger partial charge in [-0.05, 0) is 63.5 Å². The third-order valence-corrected chi connectivity index (χ3v) is 8.65. The van der Waals surface area contributed by atoms with Crippen LogP contribution in [0.15, 0.2) is 18.3 Å². The van der Waals surface area contributed by atoms with E-state index in [2.05, 4.69) is 20.0 Å². The number of hydrogen-bond acceptors (Lipinski definition) is 6. The van der Waals surface area contributed by atoms with Crippen molar-refractivity contribution in [2.45, 2.75) is 62.9 Å². The van der Waals surface area contributed by atoms with Gasteiger partial charge in [-0.1, -0.05) is 0 Å². The molecule has 6 nitrogen and oxygen atoms in total. The average molecular weight is 475 g/mol. The summed E-state index contributed by atoms with van der Waals surface area (Å²) in [5.41, 5.74) is 0.275. The highest BCUT2D eigenvalue weighted by Crippen LogP contribution is 2.34. The van der Waals surface area contributed by atoms with Gasteiger partial charge >= 0.3 is 6.18 Å². The molecule has 2 aliphatic carbocycles. The predicted octanol–water partition coefficient (Wildman–Crippen LogP) is 4.58. The number of thiazole rings is 1. The third-order valence-electron chi connectivity index (χ3n) is 5.83.